The number of esters is 3. The third-order valence-electron chi connectivity index (χ3n) is 10.5. The lowest BCUT2D eigenvalue weighted by atomic mass is 10.1. The van der Waals surface area contributed by atoms with Gasteiger partial charge in [-0.2, -0.15) is 0 Å². The summed E-state index contributed by atoms with van der Waals surface area (Å²) in [7, 11) is 0. The second-order valence-corrected chi connectivity index (χ2v) is 16.0. The van der Waals surface area contributed by atoms with Gasteiger partial charge in [0.25, 0.3) is 0 Å². The van der Waals surface area contributed by atoms with Crippen LogP contribution in [0, 0.1) is 0 Å². The van der Waals surface area contributed by atoms with Gasteiger partial charge in [-0.15, -0.1) is 0 Å². The molecule has 0 saturated carbocycles. The van der Waals surface area contributed by atoms with Crippen LogP contribution in [-0.2, 0) is 28.6 Å². The van der Waals surface area contributed by atoms with Crippen molar-refractivity contribution in [3.63, 3.8) is 0 Å². The third-order valence-corrected chi connectivity index (χ3v) is 10.5. The summed E-state index contributed by atoms with van der Waals surface area (Å²) in [5.74, 6) is -0.877. The van der Waals surface area contributed by atoms with Gasteiger partial charge in [-0.25, -0.2) is 0 Å². The van der Waals surface area contributed by atoms with E-state index in [0.717, 1.165) is 64.2 Å². The van der Waals surface area contributed by atoms with Crippen LogP contribution in [0.4, 0.5) is 0 Å². The fourth-order valence-corrected chi connectivity index (χ4v) is 6.82. The minimum Gasteiger partial charge on any atom is -0.462 e. The lowest BCUT2D eigenvalue weighted by Crippen LogP contribution is -2.30. The monoisotopic (exact) mass is 775 g/mol. The predicted octanol–water partition coefficient (Wildman–Crippen LogP) is 15.2. The molecule has 0 aliphatic carbocycles. The molecular weight excluding hydrogens is 685 g/mol. The molecule has 0 aromatic heterocycles. The first-order valence-electron chi connectivity index (χ1n) is 23.8. The molecule has 0 rings (SSSR count). The van der Waals surface area contributed by atoms with Crippen molar-refractivity contribution in [1.82, 2.24) is 0 Å². The lowest BCUT2D eigenvalue weighted by molar-refractivity contribution is -0.167. The number of unbranched alkanes of at least 4 members (excludes halogenated alkanes) is 28. The molecule has 0 aromatic carbocycles. The number of carbonyl (C=O) groups is 3. The zero-order valence-corrected chi connectivity index (χ0v) is 36.7. The van der Waals surface area contributed by atoms with E-state index >= 15 is 0 Å². The molecule has 0 bridgehead atoms. The quantitative estimate of drug-likeness (QED) is 0.0266. The van der Waals surface area contributed by atoms with E-state index in [9.17, 15) is 14.4 Å². The first-order valence-corrected chi connectivity index (χ1v) is 23.8. The van der Waals surface area contributed by atoms with E-state index in [2.05, 4.69) is 45.1 Å². The van der Waals surface area contributed by atoms with Crippen molar-refractivity contribution in [2.45, 2.75) is 258 Å². The van der Waals surface area contributed by atoms with E-state index in [1.165, 1.54) is 148 Å². The van der Waals surface area contributed by atoms with E-state index < -0.39 is 6.10 Å². The summed E-state index contributed by atoms with van der Waals surface area (Å²) in [6, 6.07) is 0. The van der Waals surface area contributed by atoms with Crippen molar-refractivity contribution in [2.24, 2.45) is 0 Å². The van der Waals surface area contributed by atoms with Crippen LogP contribution in [0.25, 0.3) is 0 Å². The van der Waals surface area contributed by atoms with Gasteiger partial charge in [-0.3, -0.25) is 14.4 Å². The fraction of sp³-hybridized carbons (Fsp3) is 0.857. The van der Waals surface area contributed by atoms with Gasteiger partial charge < -0.3 is 14.2 Å². The average Bonchev–Trinajstić information content (AvgIpc) is 3.18. The molecule has 6 nitrogen and oxygen atoms in total. The summed E-state index contributed by atoms with van der Waals surface area (Å²) in [5.41, 5.74) is 0. The van der Waals surface area contributed by atoms with Crippen LogP contribution in [0.2, 0.25) is 0 Å². The summed E-state index contributed by atoms with van der Waals surface area (Å²) in [4.78, 5) is 37.6. The molecule has 0 fully saturated rings. The summed E-state index contributed by atoms with van der Waals surface area (Å²) >= 11 is 0. The molecule has 0 spiro atoms. The van der Waals surface area contributed by atoms with Crippen LogP contribution >= 0.6 is 0 Å². The zero-order valence-electron chi connectivity index (χ0n) is 36.7. The summed E-state index contributed by atoms with van der Waals surface area (Å²) in [6.45, 7) is 6.57. The molecule has 322 valence electrons. The van der Waals surface area contributed by atoms with E-state index in [1.807, 2.05) is 0 Å². The topological polar surface area (TPSA) is 78.9 Å². The molecule has 55 heavy (non-hydrogen) atoms. The standard InChI is InChI=1S/C49H90O6/c1-4-7-10-13-16-19-20-21-22-23-24-25-26-27-28-29-30-31-34-36-39-42-48(51)54-45-46(55-49(52)43-40-37-33-18-15-12-9-6-3)44-53-47(50)41-38-35-32-17-14-11-8-5-2/h20-21,23-24,46H,4-19,22,25-45H2,1-3H3/b21-20-,24-23-. The minimum atomic E-state index is -0.763. The zero-order chi connectivity index (χ0) is 40.1. The van der Waals surface area contributed by atoms with Crippen molar-refractivity contribution >= 4 is 17.9 Å². The van der Waals surface area contributed by atoms with Gasteiger partial charge in [0.15, 0.2) is 6.10 Å². The van der Waals surface area contributed by atoms with Crippen LogP contribution in [0.15, 0.2) is 24.3 Å². The summed E-state index contributed by atoms with van der Waals surface area (Å²) in [5, 5.41) is 0. The molecule has 1 unspecified atom stereocenters. The maximum atomic E-state index is 12.6. The lowest BCUT2D eigenvalue weighted by Gasteiger charge is -2.18. The van der Waals surface area contributed by atoms with Crippen molar-refractivity contribution in [1.29, 1.82) is 0 Å². The van der Waals surface area contributed by atoms with Gasteiger partial charge >= 0.3 is 17.9 Å². The Hall–Kier alpha value is -2.11. The molecule has 0 heterocycles. The van der Waals surface area contributed by atoms with Gasteiger partial charge in [0.05, 0.1) is 0 Å². The molecular formula is C49H90O6. The maximum Gasteiger partial charge on any atom is 0.306 e. The second kappa shape index (κ2) is 44.6. The van der Waals surface area contributed by atoms with Crippen LogP contribution in [0.3, 0.4) is 0 Å². The highest BCUT2D eigenvalue weighted by atomic mass is 16.6. The molecule has 0 aromatic rings. The number of ether oxygens (including phenoxy) is 3. The number of allylic oxidation sites excluding steroid dienone is 4. The van der Waals surface area contributed by atoms with Gasteiger partial charge in [-0.05, 0) is 51.4 Å². The van der Waals surface area contributed by atoms with Gasteiger partial charge in [0.2, 0.25) is 0 Å². The normalized spacial score (nSPS) is 12.1. The Kier molecular flexibility index (Phi) is 42.9. The molecule has 6 heteroatoms. The summed E-state index contributed by atoms with van der Waals surface area (Å²) < 4.78 is 16.6. The van der Waals surface area contributed by atoms with E-state index in [1.54, 1.807) is 0 Å². The van der Waals surface area contributed by atoms with Crippen molar-refractivity contribution in [2.75, 3.05) is 13.2 Å². The number of rotatable bonds is 43. The predicted molar refractivity (Wildman–Crippen MR) is 233 cm³/mol. The number of hydrogen-bond donors (Lipinski definition) is 0. The fourth-order valence-electron chi connectivity index (χ4n) is 6.82. The molecule has 0 N–H and O–H groups in total. The number of carbonyl (C=O) groups excluding carboxylic acids is 3. The minimum absolute atomic E-state index is 0.0695. The Bertz CT molecular complexity index is 896. The van der Waals surface area contributed by atoms with Gasteiger partial charge in [0.1, 0.15) is 13.2 Å². The van der Waals surface area contributed by atoms with Gasteiger partial charge in [0, 0.05) is 19.3 Å². The van der Waals surface area contributed by atoms with Crippen LogP contribution < -0.4 is 0 Å². The smallest absolute Gasteiger partial charge is 0.306 e. The molecule has 0 radical (unpaired) electrons. The Balaban J connectivity index is 4.15. The maximum absolute atomic E-state index is 12.6. The molecule has 0 aliphatic heterocycles. The Labute approximate surface area is 341 Å². The average molecular weight is 775 g/mol. The van der Waals surface area contributed by atoms with Crippen molar-refractivity contribution in [3.8, 4) is 0 Å². The second-order valence-electron chi connectivity index (χ2n) is 16.0. The largest absolute Gasteiger partial charge is 0.462 e. The molecule has 1 atom stereocenters. The first-order chi connectivity index (χ1) is 27.0. The highest BCUT2D eigenvalue weighted by Crippen LogP contribution is 2.15. The van der Waals surface area contributed by atoms with Crippen LogP contribution in [0.5, 0.6) is 0 Å². The highest BCUT2D eigenvalue weighted by molar-refractivity contribution is 5.71. The first kappa shape index (κ1) is 52.9. The molecule has 0 amide bonds. The van der Waals surface area contributed by atoms with E-state index in [-0.39, 0.29) is 31.1 Å². The van der Waals surface area contributed by atoms with Crippen molar-refractivity contribution < 1.29 is 28.6 Å². The highest BCUT2D eigenvalue weighted by Gasteiger charge is 2.19. The Morgan fingerprint density at radius 3 is 1.00 bits per heavy atom. The summed E-state index contributed by atoms with van der Waals surface area (Å²) in [6.07, 6.45) is 48.9. The van der Waals surface area contributed by atoms with Gasteiger partial charge in [-0.1, -0.05) is 206 Å². The number of hydrogen-bond acceptors (Lipinski definition) is 6. The van der Waals surface area contributed by atoms with Crippen LogP contribution in [0.1, 0.15) is 252 Å². The third kappa shape index (κ3) is 42.9. The van der Waals surface area contributed by atoms with Crippen molar-refractivity contribution in [3.05, 3.63) is 24.3 Å². The van der Waals surface area contributed by atoms with E-state index in [0.29, 0.717) is 19.3 Å². The molecule has 0 saturated heterocycles. The van der Waals surface area contributed by atoms with Crippen LogP contribution in [-0.4, -0.2) is 37.2 Å². The Morgan fingerprint density at radius 1 is 0.364 bits per heavy atom. The molecule has 0 aliphatic rings. The Morgan fingerprint density at radius 2 is 0.655 bits per heavy atom. The van der Waals surface area contributed by atoms with E-state index in [4.69, 9.17) is 14.2 Å². The SMILES string of the molecule is CCCCCCC/C=C\C/C=C\CCCCCCCCCCCC(=O)OCC(COC(=O)CCCCCCCCCC)OC(=O)CCCCCCCCCC.